The molecule has 6 nitrogen and oxygen atoms in total. The maximum atomic E-state index is 13.8. The van der Waals surface area contributed by atoms with E-state index in [1.54, 1.807) is 26.0 Å². The van der Waals surface area contributed by atoms with Gasteiger partial charge in [-0.2, -0.15) is 0 Å². The molecular weight excluding hydrogens is 414 g/mol. The van der Waals surface area contributed by atoms with Gasteiger partial charge in [0.1, 0.15) is 5.69 Å². The van der Waals surface area contributed by atoms with Crippen molar-refractivity contribution in [3.8, 4) is 11.3 Å². The zero-order chi connectivity index (χ0) is 21.8. The zero-order valence-electron chi connectivity index (χ0n) is 16.4. The molecule has 0 saturated heterocycles. The average molecular weight is 433 g/mol. The van der Waals surface area contributed by atoms with E-state index >= 15 is 0 Å². The number of carbonyl (C=O) groups excluding carboxylic acids is 1. The van der Waals surface area contributed by atoms with Gasteiger partial charge >= 0.3 is 0 Å². The van der Waals surface area contributed by atoms with E-state index in [1.165, 1.54) is 12.3 Å². The van der Waals surface area contributed by atoms with Gasteiger partial charge in [0.15, 0.2) is 5.43 Å². The van der Waals surface area contributed by atoms with Crippen LogP contribution < -0.4 is 11.2 Å². The van der Waals surface area contributed by atoms with Crippen LogP contribution in [0.3, 0.4) is 0 Å². The Morgan fingerprint density at radius 1 is 1.30 bits per heavy atom. The van der Waals surface area contributed by atoms with E-state index in [0.29, 0.717) is 34.6 Å². The van der Waals surface area contributed by atoms with Crippen molar-refractivity contribution in [3.05, 3.63) is 56.7 Å². The third-order valence-electron chi connectivity index (χ3n) is 5.70. The lowest BCUT2D eigenvalue weighted by Crippen LogP contribution is -2.23. The van der Waals surface area contributed by atoms with Gasteiger partial charge in [-0.05, 0) is 25.5 Å². The van der Waals surface area contributed by atoms with Gasteiger partial charge in [0.05, 0.1) is 27.3 Å². The molecule has 3 N–H and O–H groups in total. The van der Waals surface area contributed by atoms with Crippen LogP contribution in [0.2, 0.25) is 5.02 Å². The van der Waals surface area contributed by atoms with Crippen LogP contribution in [0.15, 0.2) is 29.2 Å². The maximum absolute atomic E-state index is 13.8. The van der Waals surface area contributed by atoms with Crippen LogP contribution in [-0.2, 0) is 5.41 Å². The van der Waals surface area contributed by atoms with Crippen molar-refractivity contribution in [2.24, 2.45) is 5.73 Å². The Hall–Kier alpha value is -2.87. The molecule has 30 heavy (non-hydrogen) atoms. The first-order chi connectivity index (χ1) is 14.0. The second-order valence-electron chi connectivity index (χ2n) is 8.04. The summed E-state index contributed by atoms with van der Waals surface area (Å²) in [5.74, 6) is -3.53. The largest absolute Gasteiger partial charge is 0.364 e. The van der Waals surface area contributed by atoms with Gasteiger partial charge in [-0.1, -0.05) is 18.5 Å². The van der Waals surface area contributed by atoms with Gasteiger partial charge in [0, 0.05) is 41.8 Å². The molecule has 1 saturated carbocycles. The fourth-order valence-corrected chi connectivity index (χ4v) is 4.60. The van der Waals surface area contributed by atoms with Gasteiger partial charge < -0.3 is 10.7 Å². The fourth-order valence-electron chi connectivity index (χ4n) is 4.22. The molecule has 0 aliphatic heterocycles. The SMILES string of the molecule is Cc1nc([C@@]2(C)CCC(F)(F)C2)c(Cl)cc1-c1cc(=O)c2c(C(N)=O)nccc2[nH]1. The quantitative estimate of drug-likeness (QED) is 0.649. The predicted octanol–water partition coefficient (Wildman–Crippen LogP) is 4.12. The van der Waals surface area contributed by atoms with Crippen LogP contribution in [0.5, 0.6) is 0 Å². The minimum Gasteiger partial charge on any atom is -0.364 e. The highest BCUT2D eigenvalue weighted by Gasteiger charge is 2.49. The van der Waals surface area contributed by atoms with Gasteiger partial charge in [-0.15, -0.1) is 0 Å². The molecule has 1 aliphatic carbocycles. The normalized spacial score (nSPS) is 20.6. The maximum Gasteiger partial charge on any atom is 0.268 e. The van der Waals surface area contributed by atoms with Crippen LogP contribution >= 0.6 is 11.6 Å². The number of hydrogen-bond donors (Lipinski definition) is 2. The number of nitrogens with zero attached hydrogens (tertiary/aromatic N) is 2. The van der Waals surface area contributed by atoms with Crippen molar-refractivity contribution in [2.45, 2.75) is 44.4 Å². The fraction of sp³-hybridized carbons (Fsp3) is 0.333. The van der Waals surface area contributed by atoms with Gasteiger partial charge in [0.25, 0.3) is 5.91 Å². The number of fused-ring (bicyclic) bond motifs is 1. The lowest BCUT2D eigenvalue weighted by atomic mass is 9.84. The van der Waals surface area contributed by atoms with Gasteiger partial charge in [-0.25, -0.2) is 8.78 Å². The molecule has 0 aromatic carbocycles. The number of rotatable bonds is 3. The zero-order valence-corrected chi connectivity index (χ0v) is 17.1. The summed E-state index contributed by atoms with van der Waals surface area (Å²) < 4.78 is 27.7. The van der Waals surface area contributed by atoms with E-state index in [1.807, 2.05) is 0 Å². The van der Waals surface area contributed by atoms with Crippen molar-refractivity contribution < 1.29 is 13.6 Å². The number of nitrogens with two attached hydrogens (primary N) is 1. The van der Waals surface area contributed by atoms with Crippen LogP contribution in [-0.4, -0.2) is 26.8 Å². The smallest absolute Gasteiger partial charge is 0.268 e. The minimum absolute atomic E-state index is 0.0998. The van der Waals surface area contributed by atoms with Crippen LogP contribution in [0.4, 0.5) is 8.78 Å². The first-order valence-corrected chi connectivity index (χ1v) is 9.76. The first-order valence-electron chi connectivity index (χ1n) is 9.38. The second kappa shape index (κ2) is 6.84. The Balaban J connectivity index is 1.84. The molecule has 0 spiro atoms. The third-order valence-corrected chi connectivity index (χ3v) is 5.98. The number of H-pyrrole nitrogens is 1. The first kappa shape index (κ1) is 20.4. The molecule has 1 aliphatic rings. The van der Waals surface area contributed by atoms with E-state index in [4.69, 9.17) is 17.3 Å². The monoisotopic (exact) mass is 432 g/mol. The molecular formula is C21H19ClF2N4O2. The van der Waals surface area contributed by atoms with E-state index in [9.17, 15) is 18.4 Å². The van der Waals surface area contributed by atoms with Crippen molar-refractivity contribution >= 4 is 28.4 Å². The summed E-state index contributed by atoms with van der Waals surface area (Å²) in [6.45, 7) is 3.48. The molecule has 3 heterocycles. The minimum atomic E-state index is -2.73. The van der Waals surface area contributed by atoms with E-state index in [2.05, 4.69) is 15.0 Å². The number of halogens is 3. The highest BCUT2D eigenvalue weighted by atomic mass is 35.5. The molecule has 1 fully saturated rings. The number of alkyl halides is 2. The number of hydrogen-bond acceptors (Lipinski definition) is 4. The number of carbonyl (C=O) groups is 1. The number of primary amides is 1. The predicted molar refractivity (Wildman–Crippen MR) is 110 cm³/mol. The second-order valence-corrected chi connectivity index (χ2v) is 8.45. The summed E-state index contributed by atoms with van der Waals surface area (Å²) in [5.41, 5.74) is 6.33. The molecule has 3 aromatic heterocycles. The Morgan fingerprint density at radius 2 is 2.03 bits per heavy atom. The highest BCUT2D eigenvalue weighted by Crippen LogP contribution is 2.50. The summed E-state index contributed by atoms with van der Waals surface area (Å²) in [7, 11) is 0. The van der Waals surface area contributed by atoms with Crippen LogP contribution in [0.25, 0.3) is 22.2 Å². The molecule has 9 heteroatoms. The molecule has 0 radical (unpaired) electrons. The highest BCUT2D eigenvalue weighted by molar-refractivity contribution is 6.31. The summed E-state index contributed by atoms with van der Waals surface area (Å²) in [6, 6.07) is 4.52. The number of aryl methyl sites for hydroxylation is 1. The summed E-state index contributed by atoms with van der Waals surface area (Å²) in [4.78, 5) is 35.8. The van der Waals surface area contributed by atoms with Crippen molar-refractivity contribution in [1.82, 2.24) is 15.0 Å². The number of nitrogens with one attached hydrogen (secondary N) is 1. The Kier molecular flexibility index (Phi) is 4.65. The number of aromatic amines is 1. The molecule has 0 bridgehead atoms. The third kappa shape index (κ3) is 3.35. The molecule has 0 unspecified atom stereocenters. The summed E-state index contributed by atoms with van der Waals surface area (Å²) >= 11 is 6.47. The molecule has 1 atom stereocenters. The number of amides is 1. The Labute approximate surface area is 175 Å². The van der Waals surface area contributed by atoms with Crippen molar-refractivity contribution in [2.75, 3.05) is 0 Å². The molecule has 4 rings (SSSR count). The van der Waals surface area contributed by atoms with Crippen LogP contribution in [0, 0.1) is 6.92 Å². The number of aromatic nitrogens is 3. The van der Waals surface area contributed by atoms with E-state index in [0.717, 1.165) is 0 Å². The number of pyridine rings is 3. The Bertz CT molecular complexity index is 1260. The topological polar surface area (TPSA) is 102 Å². The Morgan fingerprint density at radius 3 is 2.67 bits per heavy atom. The van der Waals surface area contributed by atoms with Gasteiger partial charge in [-0.3, -0.25) is 19.6 Å². The van der Waals surface area contributed by atoms with E-state index in [-0.39, 0.29) is 28.9 Å². The van der Waals surface area contributed by atoms with Crippen molar-refractivity contribution in [3.63, 3.8) is 0 Å². The van der Waals surface area contributed by atoms with E-state index < -0.39 is 22.7 Å². The molecule has 3 aromatic rings. The summed E-state index contributed by atoms with van der Waals surface area (Å²) in [6.07, 6.45) is 1.17. The lowest BCUT2D eigenvalue weighted by molar-refractivity contribution is 0.00334. The molecule has 1 amide bonds. The van der Waals surface area contributed by atoms with Crippen molar-refractivity contribution in [1.29, 1.82) is 0 Å². The standard InChI is InChI=1S/C21H19ClF2N4O2/c1-10-11(7-12(22)18(27-10)20(2)4-5-21(23,24)9-20)14-8-15(29)16-13(28-14)3-6-26-17(16)19(25)30/h3,6-8H,4-5,9H2,1-2H3,(H2,25,30)(H,28,29)/t20-/m0/s1. The molecule has 156 valence electrons. The summed E-state index contributed by atoms with van der Waals surface area (Å²) in [5, 5.41) is 0.368. The van der Waals surface area contributed by atoms with Gasteiger partial charge in [0.2, 0.25) is 5.92 Å². The van der Waals surface area contributed by atoms with Crippen LogP contribution in [0.1, 0.15) is 48.1 Å². The average Bonchev–Trinajstić information content (AvgIpc) is 2.96. The lowest BCUT2D eigenvalue weighted by Gasteiger charge is -2.25.